The standard InChI is InChI=1S/C16H14F2O2/c1-10(8-16(19)20)11-6-7-15(18)13(9-11)12-4-2-3-5-14(12)17/h2-7,9-10H,8H2,1H3,(H,19,20). The molecule has 0 aromatic heterocycles. The van der Waals surface area contributed by atoms with E-state index in [4.69, 9.17) is 5.11 Å². The van der Waals surface area contributed by atoms with Crippen molar-refractivity contribution in [1.29, 1.82) is 0 Å². The second-order valence-electron chi connectivity index (χ2n) is 4.72. The number of carbonyl (C=O) groups is 1. The summed E-state index contributed by atoms with van der Waals surface area (Å²) in [6.07, 6.45) is -0.0532. The van der Waals surface area contributed by atoms with E-state index in [-0.39, 0.29) is 23.5 Å². The van der Waals surface area contributed by atoms with Crippen LogP contribution in [-0.4, -0.2) is 11.1 Å². The molecule has 0 fully saturated rings. The maximum atomic E-state index is 13.9. The molecule has 0 aliphatic carbocycles. The first-order chi connectivity index (χ1) is 9.49. The Hall–Kier alpha value is -2.23. The molecule has 2 rings (SSSR count). The first kappa shape index (κ1) is 14.2. The van der Waals surface area contributed by atoms with Crippen molar-refractivity contribution in [3.63, 3.8) is 0 Å². The van der Waals surface area contributed by atoms with Crippen LogP contribution in [0, 0.1) is 11.6 Å². The highest BCUT2D eigenvalue weighted by molar-refractivity contribution is 5.69. The van der Waals surface area contributed by atoms with Crippen molar-refractivity contribution in [3.05, 3.63) is 59.7 Å². The maximum Gasteiger partial charge on any atom is 0.303 e. The molecule has 0 aliphatic heterocycles. The van der Waals surface area contributed by atoms with Gasteiger partial charge in [0.05, 0.1) is 6.42 Å². The molecule has 0 amide bonds. The van der Waals surface area contributed by atoms with E-state index in [0.717, 1.165) is 0 Å². The average Bonchev–Trinajstić information content (AvgIpc) is 2.39. The van der Waals surface area contributed by atoms with Crippen LogP contribution in [0.5, 0.6) is 0 Å². The van der Waals surface area contributed by atoms with Gasteiger partial charge >= 0.3 is 5.97 Å². The van der Waals surface area contributed by atoms with Gasteiger partial charge in [0.25, 0.3) is 0 Å². The number of hydrogen-bond acceptors (Lipinski definition) is 1. The van der Waals surface area contributed by atoms with Crippen molar-refractivity contribution in [2.75, 3.05) is 0 Å². The summed E-state index contributed by atoms with van der Waals surface area (Å²) in [4.78, 5) is 10.7. The van der Waals surface area contributed by atoms with Gasteiger partial charge in [-0.3, -0.25) is 4.79 Å². The summed E-state index contributed by atoms with van der Waals surface area (Å²) in [5.41, 5.74) is 0.999. The maximum absolute atomic E-state index is 13.9. The predicted octanol–water partition coefficient (Wildman–Crippen LogP) is 4.21. The minimum absolute atomic E-state index is 0.0532. The number of benzene rings is 2. The SMILES string of the molecule is CC(CC(=O)O)c1ccc(F)c(-c2ccccc2F)c1. The van der Waals surface area contributed by atoms with Crippen molar-refractivity contribution < 1.29 is 18.7 Å². The van der Waals surface area contributed by atoms with Crippen LogP contribution in [0.25, 0.3) is 11.1 Å². The number of carboxylic acid groups (broad SMARTS) is 1. The van der Waals surface area contributed by atoms with E-state index in [1.165, 1.54) is 36.4 Å². The molecule has 0 saturated heterocycles. The molecule has 0 bridgehead atoms. The summed E-state index contributed by atoms with van der Waals surface area (Å²) >= 11 is 0. The van der Waals surface area contributed by atoms with Gasteiger partial charge in [-0.1, -0.05) is 31.2 Å². The van der Waals surface area contributed by atoms with Crippen LogP contribution < -0.4 is 0 Å². The molecule has 2 nitrogen and oxygen atoms in total. The van der Waals surface area contributed by atoms with Gasteiger partial charge in [0.2, 0.25) is 0 Å². The highest BCUT2D eigenvalue weighted by atomic mass is 19.1. The molecule has 0 heterocycles. The zero-order chi connectivity index (χ0) is 14.7. The molecular weight excluding hydrogens is 262 g/mol. The van der Waals surface area contributed by atoms with Crippen LogP contribution in [0.4, 0.5) is 8.78 Å². The molecule has 4 heteroatoms. The summed E-state index contributed by atoms with van der Waals surface area (Å²) < 4.78 is 27.6. The Morgan fingerprint density at radius 3 is 2.40 bits per heavy atom. The quantitative estimate of drug-likeness (QED) is 0.908. The molecule has 104 valence electrons. The Balaban J connectivity index is 2.44. The molecule has 0 aliphatic rings. The van der Waals surface area contributed by atoms with Crippen molar-refractivity contribution in [2.45, 2.75) is 19.3 Å². The number of halogens is 2. The van der Waals surface area contributed by atoms with E-state index < -0.39 is 17.6 Å². The van der Waals surface area contributed by atoms with Crippen molar-refractivity contribution in [2.24, 2.45) is 0 Å². The van der Waals surface area contributed by atoms with Crippen LogP contribution in [-0.2, 0) is 4.79 Å². The van der Waals surface area contributed by atoms with Crippen molar-refractivity contribution in [1.82, 2.24) is 0 Å². The van der Waals surface area contributed by atoms with Gasteiger partial charge in [-0.15, -0.1) is 0 Å². The first-order valence-corrected chi connectivity index (χ1v) is 6.25. The van der Waals surface area contributed by atoms with Crippen LogP contribution in [0.3, 0.4) is 0 Å². The fraction of sp³-hybridized carbons (Fsp3) is 0.188. The minimum Gasteiger partial charge on any atom is -0.481 e. The van der Waals surface area contributed by atoms with E-state index in [0.29, 0.717) is 5.56 Å². The molecule has 1 unspecified atom stereocenters. The predicted molar refractivity (Wildman–Crippen MR) is 72.5 cm³/mol. The van der Waals surface area contributed by atoms with Crippen molar-refractivity contribution >= 4 is 5.97 Å². The fourth-order valence-electron chi connectivity index (χ4n) is 2.12. The lowest BCUT2D eigenvalue weighted by Crippen LogP contribution is -2.03. The molecule has 0 spiro atoms. The Bertz CT molecular complexity index is 638. The highest BCUT2D eigenvalue weighted by Gasteiger charge is 2.15. The van der Waals surface area contributed by atoms with Gasteiger partial charge in [-0.2, -0.15) is 0 Å². The average molecular weight is 276 g/mol. The monoisotopic (exact) mass is 276 g/mol. The van der Waals surface area contributed by atoms with E-state index in [9.17, 15) is 13.6 Å². The third kappa shape index (κ3) is 3.02. The van der Waals surface area contributed by atoms with E-state index in [1.807, 2.05) is 0 Å². The summed E-state index contributed by atoms with van der Waals surface area (Å²) in [6, 6.07) is 10.2. The van der Waals surface area contributed by atoms with Gasteiger partial charge < -0.3 is 5.11 Å². The first-order valence-electron chi connectivity index (χ1n) is 6.25. The molecule has 0 radical (unpaired) electrons. The Kier molecular flexibility index (Phi) is 4.13. The Morgan fingerprint density at radius 1 is 1.10 bits per heavy atom. The second-order valence-corrected chi connectivity index (χ2v) is 4.72. The van der Waals surface area contributed by atoms with Crippen LogP contribution >= 0.6 is 0 Å². The van der Waals surface area contributed by atoms with Crippen molar-refractivity contribution in [3.8, 4) is 11.1 Å². The van der Waals surface area contributed by atoms with Gasteiger partial charge in [-0.05, 0) is 29.7 Å². The lowest BCUT2D eigenvalue weighted by atomic mass is 9.93. The molecular formula is C16H14F2O2. The normalized spacial score (nSPS) is 12.2. The molecule has 1 N–H and O–H groups in total. The number of aliphatic carboxylic acids is 1. The van der Waals surface area contributed by atoms with Gasteiger partial charge in [0.15, 0.2) is 0 Å². The van der Waals surface area contributed by atoms with Gasteiger partial charge in [-0.25, -0.2) is 8.78 Å². The summed E-state index contributed by atoms with van der Waals surface area (Å²) in [6.45, 7) is 1.74. The largest absolute Gasteiger partial charge is 0.481 e. The summed E-state index contributed by atoms with van der Waals surface area (Å²) in [5.74, 6) is -2.22. The topological polar surface area (TPSA) is 37.3 Å². The van der Waals surface area contributed by atoms with E-state index in [2.05, 4.69) is 0 Å². The van der Waals surface area contributed by atoms with Gasteiger partial charge in [0, 0.05) is 11.1 Å². The van der Waals surface area contributed by atoms with Gasteiger partial charge in [0.1, 0.15) is 11.6 Å². The smallest absolute Gasteiger partial charge is 0.303 e. The Labute approximate surface area is 115 Å². The molecule has 2 aromatic carbocycles. The zero-order valence-electron chi connectivity index (χ0n) is 10.9. The summed E-state index contributed by atoms with van der Waals surface area (Å²) in [5, 5.41) is 8.80. The van der Waals surface area contributed by atoms with E-state index >= 15 is 0 Å². The number of carboxylic acids is 1. The van der Waals surface area contributed by atoms with Crippen LogP contribution in [0.15, 0.2) is 42.5 Å². The number of hydrogen-bond donors (Lipinski definition) is 1. The minimum atomic E-state index is -0.922. The lowest BCUT2D eigenvalue weighted by Gasteiger charge is -2.12. The molecule has 1 atom stereocenters. The lowest BCUT2D eigenvalue weighted by molar-refractivity contribution is -0.137. The molecule has 0 saturated carbocycles. The number of rotatable bonds is 4. The second kappa shape index (κ2) is 5.82. The fourth-order valence-corrected chi connectivity index (χ4v) is 2.12. The van der Waals surface area contributed by atoms with Crippen LogP contribution in [0.1, 0.15) is 24.8 Å². The highest BCUT2D eigenvalue weighted by Crippen LogP contribution is 2.29. The third-order valence-electron chi connectivity index (χ3n) is 3.20. The molecule has 20 heavy (non-hydrogen) atoms. The van der Waals surface area contributed by atoms with Crippen LogP contribution in [0.2, 0.25) is 0 Å². The Morgan fingerprint density at radius 2 is 1.75 bits per heavy atom. The third-order valence-corrected chi connectivity index (χ3v) is 3.20. The summed E-state index contributed by atoms with van der Waals surface area (Å²) in [7, 11) is 0. The molecule has 2 aromatic rings. The van der Waals surface area contributed by atoms with E-state index in [1.54, 1.807) is 13.0 Å². The zero-order valence-corrected chi connectivity index (χ0v) is 10.9.